The molecule has 86 valence electrons. The predicted molar refractivity (Wildman–Crippen MR) is 69.2 cm³/mol. The fraction of sp³-hybridized carbons (Fsp3) is 0.400. The van der Waals surface area contributed by atoms with Gasteiger partial charge in [-0.3, -0.25) is 4.79 Å². The van der Waals surface area contributed by atoms with Crippen molar-refractivity contribution in [3.63, 3.8) is 0 Å². The van der Waals surface area contributed by atoms with Crippen LogP contribution in [0.25, 0.3) is 5.57 Å². The van der Waals surface area contributed by atoms with Crippen LogP contribution in [0.2, 0.25) is 0 Å². The van der Waals surface area contributed by atoms with E-state index in [-0.39, 0.29) is 0 Å². The van der Waals surface area contributed by atoms with Crippen LogP contribution in [0.15, 0.2) is 36.4 Å². The Kier molecular flexibility index (Phi) is 6.24. The molecule has 0 aliphatic heterocycles. The minimum atomic E-state index is 0.891. The first-order valence-corrected chi connectivity index (χ1v) is 6.08. The van der Waals surface area contributed by atoms with Gasteiger partial charge in [0.25, 0.3) is 0 Å². The number of aldehydes is 1. The molecule has 0 bridgehead atoms. The van der Waals surface area contributed by atoms with Crippen LogP contribution in [-0.4, -0.2) is 6.29 Å². The van der Waals surface area contributed by atoms with Gasteiger partial charge in [0.2, 0.25) is 0 Å². The maximum absolute atomic E-state index is 10.6. The third kappa shape index (κ3) is 4.43. The monoisotopic (exact) mass is 216 g/mol. The van der Waals surface area contributed by atoms with Gasteiger partial charge in [-0.05, 0) is 30.1 Å². The van der Waals surface area contributed by atoms with Crippen molar-refractivity contribution >= 4 is 11.9 Å². The first kappa shape index (κ1) is 12.7. The molecule has 0 spiro atoms. The molecule has 0 saturated heterocycles. The van der Waals surface area contributed by atoms with Gasteiger partial charge in [-0.25, -0.2) is 0 Å². The number of hydrogen-bond donors (Lipinski definition) is 0. The minimum Gasteiger partial charge on any atom is -0.299 e. The van der Waals surface area contributed by atoms with Gasteiger partial charge in [0.15, 0.2) is 0 Å². The van der Waals surface area contributed by atoms with Crippen LogP contribution in [0.3, 0.4) is 0 Å². The SMILES string of the molecule is CCCCCCC(=CC=O)c1ccccc1. The molecule has 0 radical (unpaired) electrons. The van der Waals surface area contributed by atoms with Gasteiger partial charge < -0.3 is 0 Å². The highest BCUT2D eigenvalue weighted by molar-refractivity contribution is 5.81. The summed E-state index contributed by atoms with van der Waals surface area (Å²) in [6.07, 6.45) is 8.54. The van der Waals surface area contributed by atoms with E-state index in [1.165, 1.54) is 31.2 Å². The summed E-state index contributed by atoms with van der Waals surface area (Å²) in [6.45, 7) is 2.21. The lowest BCUT2D eigenvalue weighted by Gasteiger charge is -2.06. The molecule has 0 amide bonds. The number of carbonyl (C=O) groups is 1. The van der Waals surface area contributed by atoms with Crippen molar-refractivity contribution in [2.24, 2.45) is 0 Å². The molecule has 0 unspecified atom stereocenters. The molecule has 1 nitrogen and oxygen atoms in total. The van der Waals surface area contributed by atoms with E-state index in [1.807, 2.05) is 18.2 Å². The molecule has 1 heteroatoms. The summed E-state index contributed by atoms with van der Waals surface area (Å²) in [5.41, 5.74) is 2.33. The van der Waals surface area contributed by atoms with E-state index < -0.39 is 0 Å². The second-order valence-corrected chi connectivity index (χ2v) is 4.00. The van der Waals surface area contributed by atoms with Crippen LogP contribution in [-0.2, 0) is 4.79 Å². The molecule has 0 heterocycles. The molecule has 1 aromatic carbocycles. The zero-order chi connectivity index (χ0) is 11.6. The van der Waals surface area contributed by atoms with Gasteiger partial charge >= 0.3 is 0 Å². The topological polar surface area (TPSA) is 17.1 Å². The molecular weight excluding hydrogens is 196 g/mol. The average Bonchev–Trinajstić information content (AvgIpc) is 2.34. The van der Waals surface area contributed by atoms with Crippen molar-refractivity contribution in [2.45, 2.75) is 39.0 Å². The molecule has 0 saturated carbocycles. The number of rotatable bonds is 7. The van der Waals surface area contributed by atoms with Crippen LogP contribution in [0, 0.1) is 0 Å². The number of unbranched alkanes of at least 4 members (excludes halogenated alkanes) is 3. The highest BCUT2D eigenvalue weighted by Crippen LogP contribution is 2.20. The Morgan fingerprint density at radius 1 is 1.12 bits per heavy atom. The molecule has 1 rings (SSSR count). The summed E-state index contributed by atoms with van der Waals surface area (Å²) in [7, 11) is 0. The summed E-state index contributed by atoms with van der Waals surface area (Å²) in [5.74, 6) is 0. The molecule has 0 N–H and O–H groups in total. The first-order chi connectivity index (χ1) is 7.88. The molecule has 16 heavy (non-hydrogen) atoms. The number of benzene rings is 1. The average molecular weight is 216 g/mol. The summed E-state index contributed by atoms with van der Waals surface area (Å²) in [6, 6.07) is 10.2. The largest absolute Gasteiger partial charge is 0.299 e. The van der Waals surface area contributed by atoms with Crippen molar-refractivity contribution in [3.05, 3.63) is 42.0 Å². The standard InChI is InChI=1S/C15H20O/c1-2-3-4-6-11-15(12-13-16)14-9-7-5-8-10-14/h5,7-10,12-13H,2-4,6,11H2,1H3. The van der Waals surface area contributed by atoms with Crippen molar-refractivity contribution in [2.75, 3.05) is 0 Å². The molecule has 0 atom stereocenters. The normalized spacial score (nSPS) is 11.4. The molecule has 0 aliphatic carbocycles. The van der Waals surface area contributed by atoms with Crippen LogP contribution < -0.4 is 0 Å². The van der Waals surface area contributed by atoms with Crippen molar-refractivity contribution in [3.8, 4) is 0 Å². The Morgan fingerprint density at radius 3 is 2.50 bits per heavy atom. The Labute approximate surface area is 98.2 Å². The number of allylic oxidation sites excluding steroid dienone is 2. The first-order valence-electron chi connectivity index (χ1n) is 6.08. The summed E-state index contributed by atoms with van der Waals surface area (Å²) in [5, 5.41) is 0. The zero-order valence-corrected chi connectivity index (χ0v) is 9.99. The fourth-order valence-electron chi connectivity index (χ4n) is 1.80. The third-order valence-corrected chi connectivity index (χ3v) is 2.71. The van der Waals surface area contributed by atoms with Crippen molar-refractivity contribution in [1.82, 2.24) is 0 Å². The second-order valence-electron chi connectivity index (χ2n) is 4.00. The molecule has 0 fully saturated rings. The van der Waals surface area contributed by atoms with E-state index in [4.69, 9.17) is 0 Å². The van der Waals surface area contributed by atoms with Crippen molar-refractivity contribution in [1.29, 1.82) is 0 Å². The second kappa shape index (κ2) is 7.86. The minimum absolute atomic E-state index is 0.891. The van der Waals surface area contributed by atoms with Gasteiger partial charge in [0, 0.05) is 0 Å². The number of hydrogen-bond acceptors (Lipinski definition) is 1. The van der Waals surface area contributed by atoms with Gasteiger partial charge in [-0.2, -0.15) is 0 Å². The third-order valence-electron chi connectivity index (χ3n) is 2.71. The predicted octanol–water partition coefficient (Wildman–Crippen LogP) is 4.24. The highest BCUT2D eigenvalue weighted by atomic mass is 16.1. The molecule has 1 aromatic rings. The molecule has 0 aliphatic rings. The Bertz CT molecular complexity index is 325. The molecule has 0 aromatic heterocycles. The van der Waals surface area contributed by atoms with E-state index in [1.54, 1.807) is 6.08 Å². The maximum Gasteiger partial charge on any atom is 0.143 e. The highest BCUT2D eigenvalue weighted by Gasteiger charge is 2.00. The fourth-order valence-corrected chi connectivity index (χ4v) is 1.80. The summed E-state index contributed by atoms with van der Waals surface area (Å²) >= 11 is 0. The smallest absolute Gasteiger partial charge is 0.143 e. The van der Waals surface area contributed by atoms with Crippen LogP contribution in [0.5, 0.6) is 0 Å². The molecular formula is C15H20O. The lowest BCUT2D eigenvalue weighted by Crippen LogP contribution is -1.86. The summed E-state index contributed by atoms with van der Waals surface area (Å²) < 4.78 is 0. The number of carbonyl (C=O) groups excluding carboxylic acids is 1. The van der Waals surface area contributed by atoms with Gasteiger partial charge in [-0.1, -0.05) is 56.5 Å². The van der Waals surface area contributed by atoms with E-state index in [0.29, 0.717) is 0 Å². The van der Waals surface area contributed by atoms with Gasteiger partial charge in [-0.15, -0.1) is 0 Å². The summed E-state index contributed by atoms with van der Waals surface area (Å²) in [4.78, 5) is 10.6. The van der Waals surface area contributed by atoms with Crippen LogP contribution in [0.1, 0.15) is 44.6 Å². The van der Waals surface area contributed by atoms with E-state index in [2.05, 4.69) is 19.1 Å². The lowest BCUT2D eigenvalue weighted by molar-refractivity contribution is -0.104. The van der Waals surface area contributed by atoms with E-state index in [9.17, 15) is 4.79 Å². The van der Waals surface area contributed by atoms with E-state index >= 15 is 0 Å². The van der Waals surface area contributed by atoms with E-state index in [0.717, 1.165) is 18.3 Å². The quantitative estimate of drug-likeness (QED) is 0.378. The Hall–Kier alpha value is -1.37. The van der Waals surface area contributed by atoms with Crippen molar-refractivity contribution < 1.29 is 4.79 Å². The zero-order valence-electron chi connectivity index (χ0n) is 9.99. The van der Waals surface area contributed by atoms with Crippen LogP contribution >= 0.6 is 0 Å². The Balaban J connectivity index is 2.56. The Morgan fingerprint density at radius 2 is 1.88 bits per heavy atom. The van der Waals surface area contributed by atoms with Crippen LogP contribution in [0.4, 0.5) is 0 Å². The lowest BCUT2D eigenvalue weighted by atomic mass is 9.99. The maximum atomic E-state index is 10.6. The van der Waals surface area contributed by atoms with Gasteiger partial charge in [0.05, 0.1) is 0 Å². The van der Waals surface area contributed by atoms with Gasteiger partial charge in [0.1, 0.15) is 6.29 Å².